The van der Waals surface area contributed by atoms with Crippen molar-refractivity contribution in [2.45, 2.75) is 51.5 Å². The molecule has 2 unspecified atom stereocenters. The largest absolute Gasteiger partial charge is 0.491 e. The van der Waals surface area contributed by atoms with E-state index >= 15 is 0 Å². The van der Waals surface area contributed by atoms with Gasteiger partial charge >= 0.3 is 0 Å². The topological polar surface area (TPSA) is 64.3 Å². The summed E-state index contributed by atoms with van der Waals surface area (Å²) in [5.41, 5.74) is 6.40. The second-order valence-corrected chi connectivity index (χ2v) is 6.01. The van der Waals surface area contributed by atoms with E-state index in [0.29, 0.717) is 30.5 Å². The van der Waals surface area contributed by atoms with Gasteiger partial charge in [-0.2, -0.15) is 0 Å². The van der Waals surface area contributed by atoms with E-state index < -0.39 is 0 Å². The van der Waals surface area contributed by atoms with Crippen LogP contribution in [-0.2, 0) is 4.79 Å². The Hall–Kier alpha value is -1.71. The number of hydrogen-bond acceptors (Lipinski definition) is 3. The average Bonchev–Trinajstić information content (AvgIpc) is 2.66. The van der Waals surface area contributed by atoms with Crippen molar-refractivity contribution in [1.29, 1.82) is 0 Å². The highest BCUT2D eigenvalue weighted by Gasteiger charge is 2.17. The molecular formula is C17H26N2O2. The maximum absolute atomic E-state index is 12.0. The van der Waals surface area contributed by atoms with E-state index in [4.69, 9.17) is 10.5 Å². The highest BCUT2D eigenvalue weighted by Crippen LogP contribution is 2.23. The van der Waals surface area contributed by atoms with Gasteiger partial charge in [-0.25, -0.2) is 0 Å². The summed E-state index contributed by atoms with van der Waals surface area (Å²) in [6, 6.07) is 7.69. The van der Waals surface area contributed by atoms with Crippen molar-refractivity contribution >= 4 is 11.6 Å². The zero-order valence-electron chi connectivity index (χ0n) is 12.8. The molecule has 4 nitrogen and oxygen atoms in total. The first kappa shape index (κ1) is 15.7. The number of benzene rings is 1. The van der Waals surface area contributed by atoms with E-state index in [1.165, 1.54) is 19.3 Å². The van der Waals surface area contributed by atoms with Crippen LogP contribution in [0.2, 0.25) is 0 Å². The Balaban J connectivity index is 1.69. The number of hydrogen-bond donors (Lipinski definition) is 2. The second kappa shape index (κ2) is 7.91. The molecule has 3 N–H and O–H groups in total. The van der Waals surface area contributed by atoms with Gasteiger partial charge in [-0.3, -0.25) is 4.79 Å². The van der Waals surface area contributed by atoms with E-state index in [9.17, 15) is 4.79 Å². The molecule has 0 aliphatic heterocycles. The monoisotopic (exact) mass is 290 g/mol. The number of nitrogens with one attached hydrogen (secondary N) is 1. The van der Waals surface area contributed by atoms with Gasteiger partial charge < -0.3 is 15.8 Å². The number of carbonyl (C=O) groups excluding carboxylic acids is 1. The maximum atomic E-state index is 12.0. The number of nitrogen functional groups attached to an aromatic ring is 1. The van der Waals surface area contributed by atoms with Crippen LogP contribution >= 0.6 is 0 Å². The minimum absolute atomic E-state index is 0.0732. The average molecular weight is 290 g/mol. The zero-order chi connectivity index (χ0) is 15.1. The molecule has 4 heteroatoms. The Morgan fingerprint density at radius 3 is 2.90 bits per heavy atom. The summed E-state index contributed by atoms with van der Waals surface area (Å²) in [6.07, 6.45) is 6.27. The van der Waals surface area contributed by atoms with Gasteiger partial charge in [-0.1, -0.05) is 31.9 Å². The van der Waals surface area contributed by atoms with E-state index in [1.807, 2.05) is 18.2 Å². The third kappa shape index (κ3) is 5.29. The molecule has 1 aromatic carbocycles. The summed E-state index contributed by atoms with van der Waals surface area (Å²) in [5, 5.41) is 3.13. The number of anilines is 1. The van der Waals surface area contributed by atoms with Crippen LogP contribution in [0.4, 0.5) is 5.69 Å². The molecular weight excluding hydrogens is 264 g/mol. The van der Waals surface area contributed by atoms with Crippen LogP contribution in [0.15, 0.2) is 24.3 Å². The molecule has 0 bridgehead atoms. The van der Waals surface area contributed by atoms with Gasteiger partial charge in [0.2, 0.25) is 5.91 Å². The molecule has 0 heterocycles. The fourth-order valence-corrected chi connectivity index (χ4v) is 2.80. The molecule has 1 aliphatic carbocycles. The standard InChI is InChI=1S/C17H26N2O2/c1-13-5-4-6-14(10-9-13)19-17(20)11-12-21-16-8-3-2-7-15(16)18/h2-3,7-8,13-14H,4-6,9-12,18H2,1H3,(H,19,20). The first-order valence-electron chi connectivity index (χ1n) is 7.92. The van der Waals surface area contributed by atoms with Gasteiger partial charge in [-0.05, 0) is 37.3 Å². The minimum Gasteiger partial charge on any atom is -0.491 e. The van der Waals surface area contributed by atoms with Gasteiger partial charge in [0.25, 0.3) is 0 Å². The molecule has 0 saturated heterocycles. The summed E-state index contributed by atoms with van der Waals surface area (Å²) in [7, 11) is 0. The van der Waals surface area contributed by atoms with E-state index in [-0.39, 0.29) is 5.91 Å². The predicted octanol–water partition coefficient (Wildman–Crippen LogP) is 3.12. The highest BCUT2D eigenvalue weighted by molar-refractivity contribution is 5.76. The Bertz CT molecular complexity index is 462. The number of carbonyl (C=O) groups is 1. The molecule has 1 aliphatic rings. The molecule has 2 rings (SSSR count). The summed E-state index contributed by atoms with van der Waals surface area (Å²) >= 11 is 0. The lowest BCUT2D eigenvalue weighted by molar-refractivity contribution is -0.122. The van der Waals surface area contributed by atoms with Crippen LogP contribution in [0.5, 0.6) is 5.75 Å². The molecule has 1 saturated carbocycles. The van der Waals surface area contributed by atoms with Crippen molar-refractivity contribution in [3.8, 4) is 5.75 Å². The van der Waals surface area contributed by atoms with Gasteiger partial charge in [-0.15, -0.1) is 0 Å². The molecule has 1 aromatic rings. The van der Waals surface area contributed by atoms with Crippen LogP contribution in [0.1, 0.15) is 45.4 Å². The van der Waals surface area contributed by atoms with Gasteiger partial charge in [0.05, 0.1) is 18.7 Å². The van der Waals surface area contributed by atoms with Crippen molar-refractivity contribution in [3.05, 3.63) is 24.3 Å². The number of rotatable bonds is 5. The Labute approximate surface area is 127 Å². The van der Waals surface area contributed by atoms with Crippen LogP contribution < -0.4 is 15.8 Å². The van der Waals surface area contributed by atoms with E-state index in [2.05, 4.69) is 12.2 Å². The van der Waals surface area contributed by atoms with Crippen LogP contribution in [0.25, 0.3) is 0 Å². The number of amides is 1. The number of ether oxygens (including phenoxy) is 1. The first-order valence-corrected chi connectivity index (χ1v) is 7.92. The van der Waals surface area contributed by atoms with Gasteiger partial charge in [0, 0.05) is 6.04 Å². The smallest absolute Gasteiger partial charge is 0.223 e. The lowest BCUT2D eigenvalue weighted by Crippen LogP contribution is -2.35. The lowest BCUT2D eigenvalue weighted by atomic mass is 10.0. The fraction of sp³-hybridized carbons (Fsp3) is 0.588. The number of para-hydroxylation sites is 2. The van der Waals surface area contributed by atoms with Crippen LogP contribution in [-0.4, -0.2) is 18.6 Å². The maximum Gasteiger partial charge on any atom is 0.223 e. The zero-order valence-corrected chi connectivity index (χ0v) is 12.8. The molecule has 0 aromatic heterocycles. The van der Waals surface area contributed by atoms with Crippen molar-refractivity contribution < 1.29 is 9.53 Å². The highest BCUT2D eigenvalue weighted by atomic mass is 16.5. The van der Waals surface area contributed by atoms with E-state index in [0.717, 1.165) is 18.8 Å². The first-order chi connectivity index (χ1) is 10.1. The van der Waals surface area contributed by atoms with Gasteiger partial charge in [0.1, 0.15) is 5.75 Å². The summed E-state index contributed by atoms with van der Waals surface area (Å²) in [4.78, 5) is 12.0. The molecule has 21 heavy (non-hydrogen) atoms. The predicted molar refractivity (Wildman–Crippen MR) is 85.1 cm³/mol. The molecule has 116 valence electrons. The fourth-order valence-electron chi connectivity index (χ4n) is 2.80. The Morgan fingerprint density at radius 2 is 2.10 bits per heavy atom. The van der Waals surface area contributed by atoms with E-state index in [1.54, 1.807) is 6.07 Å². The summed E-state index contributed by atoms with van der Waals surface area (Å²) in [5.74, 6) is 1.51. The van der Waals surface area contributed by atoms with Crippen molar-refractivity contribution in [2.75, 3.05) is 12.3 Å². The normalized spacial score (nSPS) is 22.3. The van der Waals surface area contributed by atoms with Gasteiger partial charge in [0.15, 0.2) is 0 Å². The molecule has 1 amide bonds. The number of nitrogens with two attached hydrogens (primary N) is 1. The molecule has 0 radical (unpaired) electrons. The SMILES string of the molecule is CC1CCCC(NC(=O)CCOc2ccccc2N)CC1. The third-order valence-corrected chi connectivity index (χ3v) is 4.13. The lowest BCUT2D eigenvalue weighted by Gasteiger charge is -2.16. The third-order valence-electron chi connectivity index (χ3n) is 4.13. The summed E-state index contributed by atoms with van der Waals surface area (Å²) < 4.78 is 5.55. The van der Waals surface area contributed by atoms with Crippen LogP contribution in [0.3, 0.4) is 0 Å². The molecule has 1 fully saturated rings. The van der Waals surface area contributed by atoms with Crippen molar-refractivity contribution in [2.24, 2.45) is 5.92 Å². The molecule has 2 atom stereocenters. The quantitative estimate of drug-likeness (QED) is 0.647. The Kier molecular flexibility index (Phi) is 5.90. The Morgan fingerprint density at radius 1 is 1.29 bits per heavy atom. The van der Waals surface area contributed by atoms with Crippen molar-refractivity contribution in [1.82, 2.24) is 5.32 Å². The second-order valence-electron chi connectivity index (χ2n) is 6.01. The molecule has 0 spiro atoms. The minimum atomic E-state index is 0.0732. The van der Waals surface area contributed by atoms with Crippen molar-refractivity contribution in [3.63, 3.8) is 0 Å². The van der Waals surface area contributed by atoms with Crippen LogP contribution in [0, 0.1) is 5.92 Å². The summed E-state index contributed by atoms with van der Waals surface area (Å²) in [6.45, 7) is 2.66.